The van der Waals surface area contributed by atoms with Gasteiger partial charge in [0, 0.05) is 0 Å². The van der Waals surface area contributed by atoms with E-state index < -0.39 is 16.5 Å². The molecule has 31 heavy (non-hydrogen) atoms. The van der Waals surface area contributed by atoms with Crippen LogP contribution >= 0.6 is 0 Å². The molecule has 1 nitrogen and oxygen atoms in total. The highest BCUT2D eigenvalue weighted by Crippen LogP contribution is 2.20. The van der Waals surface area contributed by atoms with Crippen molar-refractivity contribution < 1.29 is 0 Å². The standard InChI is InChI=1S/C28H31NSi2/c1-30(2,27-19-15-25(16-20-27)23-11-7-5-8-12-23)29-31(3,4)28-21-17-26(18-22-28)24-13-9-6-10-14-24/h5-22,29H,1-4H3. The third kappa shape index (κ3) is 4.96. The summed E-state index contributed by atoms with van der Waals surface area (Å²) in [5.74, 6) is 0. The molecular formula is C28H31NSi2. The van der Waals surface area contributed by atoms with Crippen LogP contribution in [-0.4, -0.2) is 16.5 Å². The molecule has 0 fully saturated rings. The molecule has 0 bridgehead atoms. The quantitative estimate of drug-likeness (QED) is 0.358. The van der Waals surface area contributed by atoms with E-state index >= 15 is 0 Å². The summed E-state index contributed by atoms with van der Waals surface area (Å²) in [4.78, 5) is 0. The third-order valence-corrected chi connectivity index (χ3v) is 14.6. The summed E-state index contributed by atoms with van der Waals surface area (Å²) in [6, 6.07) is 39.6. The number of hydrogen-bond donors (Lipinski definition) is 1. The molecule has 3 heteroatoms. The molecule has 0 aromatic heterocycles. The molecule has 0 unspecified atom stereocenters. The third-order valence-electron chi connectivity index (χ3n) is 6.05. The van der Waals surface area contributed by atoms with Crippen LogP contribution in [0.25, 0.3) is 22.3 Å². The summed E-state index contributed by atoms with van der Waals surface area (Å²) >= 11 is 0. The highest BCUT2D eigenvalue weighted by molar-refractivity contribution is 7.02. The van der Waals surface area contributed by atoms with Crippen molar-refractivity contribution in [2.24, 2.45) is 0 Å². The van der Waals surface area contributed by atoms with Crippen LogP contribution in [0, 0.1) is 0 Å². The Morgan fingerprint density at radius 3 is 1.00 bits per heavy atom. The second-order valence-electron chi connectivity index (χ2n) is 9.26. The minimum absolute atomic E-state index is 1.27. The first-order valence-corrected chi connectivity index (χ1v) is 17.0. The van der Waals surface area contributed by atoms with Crippen LogP contribution in [0.4, 0.5) is 0 Å². The van der Waals surface area contributed by atoms with E-state index in [9.17, 15) is 0 Å². The predicted molar refractivity (Wildman–Crippen MR) is 141 cm³/mol. The summed E-state index contributed by atoms with van der Waals surface area (Å²) in [7, 11) is -3.57. The molecule has 4 aromatic carbocycles. The zero-order chi connectivity index (χ0) is 21.9. The Bertz CT molecular complexity index is 1020. The first kappa shape index (κ1) is 21.5. The van der Waals surface area contributed by atoms with Gasteiger partial charge in [-0.3, -0.25) is 0 Å². The fourth-order valence-electron chi connectivity index (χ4n) is 4.35. The zero-order valence-corrected chi connectivity index (χ0v) is 20.9. The lowest BCUT2D eigenvalue weighted by molar-refractivity contribution is 1.34. The minimum atomic E-state index is -1.79. The zero-order valence-electron chi connectivity index (χ0n) is 18.9. The van der Waals surface area contributed by atoms with Crippen LogP contribution < -0.4 is 15.0 Å². The molecule has 0 aliphatic carbocycles. The van der Waals surface area contributed by atoms with Crippen molar-refractivity contribution in [3.05, 3.63) is 109 Å². The Kier molecular flexibility index (Phi) is 6.10. The fraction of sp³-hybridized carbons (Fsp3) is 0.143. The van der Waals surface area contributed by atoms with Crippen molar-refractivity contribution >= 4 is 26.8 Å². The molecule has 1 N–H and O–H groups in total. The molecule has 0 saturated heterocycles. The molecule has 156 valence electrons. The first-order chi connectivity index (χ1) is 14.9. The number of benzene rings is 4. The second-order valence-corrected chi connectivity index (χ2v) is 17.9. The van der Waals surface area contributed by atoms with Crippen LogP contribution in [0.2, 0.25) is 26.2 Å². The average Bonchev–Trinajstić information content (AvgIpc) is 2.80. The van der Waals surface area contributed by atoms with Crippen molar-refractivity contribution in [1.82, 2.24) is 4.65 Å². The van der Waals surface area contributed by atoms with Crippen LogP contribution in [0.15, 0.2) is 109 Å². The maximum Gasteiger partial charge on any atom is 0.145 e. The Morgan fingerprint density at radius 2 is 0.677 bits per heavy atom. The lowest BCUT2D eigenvalue weighted by Crippen LogP contribution is -2.69. The van der Waals surface area contributed by atoms with Gasteiger partial charge in [0.05, 0.1) is 0 Å². The molecule has 0 heterocycles. The molecule has 4 rings (SSSR count). The Hall–Kier alpha value is -2.73. The average molecular weight is 438 g/mol. The molecule has 0 radical (unpaired) electrons. The highest BCUT2D eigenvalue weighted by atomic mass is 28.4. The normalized spacial score (nSPS) is 12.0. The molecule has 0 atom stereocenters. The van der Waals surface area contributed by atoms with Gasteiger partial charge in [0.15, 0.2) is 0 Å². The summed E-state index contributed by atoms with van der Waals surface area (Å²) in [5.41, 5.74) is 5.11. The maximum atomic E-state index is 4.16. The van der Waals surface area contributed by atoms with E-state index in [0.29, 0.717) is 0 Å². The van der Waals surface area contributed by atoms with Gasteiger partial charge in [0.25, 0.3) is 0 Å². The van der Waals surface area contributed by atoms with Gasteiger partial charge in [-0.1, -0.05) is 135 Å². The van der Waals surface area contributed by atoms with E-state index in [-0.39, 0.29) is 0 Å². The number of hydrogen-bond acceptors (Lipinski definition) is 1. The number of nitrogens with one attached hydrogen (secondary N) is 1. The highest BCUT2D eigenvalue weighted by Gasteiger charge is 2.33. The van der Waals surface area contributed by atoms with Gasteiger partial charge in [0.1, 0.15) is 16.5 Å². The van der Waals surface area contributed by atoms with E-state index in [2.05, 4.69) is 140 Å². The Labute approximate surface area is 189 Å². The summed E-state index contributed by atoms with van der Waals surface area (Å²) < 4.78 is 4.16. The van der Waals surface area contributed by atoms with E-state index in [1.807, 2.05) is 0 Å². The van der Waals surface area contributed by atoms with Crippen LogP contribution in [0.1, 0.15) is 0 Å². The Morgan fingerprint density at radius 1 is 0.387 bits per heavy atom. The van der Waals surface area contributed by atoms with E-state index in [0.717, 1.165) is 0 Å². The monoisotopic (exact) mass is 437 g/mol. The lowest BCUT2D eigenvalue weighted by Gasteiger charge is -2.35. The fourth-order valence-corrected chi connectivity index (χ4v) is 13.8. The van der Waals surface area contributed by atoms with Crippen molar-refractivity contribution in [3.8, 4) is 22.3 Å². The molecule has 0 aliphatic heterocycles. The maximum absolute atomic E-state index is 4.16. The van der Waals surface area contributed by atoms with Crippen LogP contribution in [0.5, 0.6) is 0 Å². The molecule has 4 aromatic rings. The van der Waals surface area contributed by atoms with Crippen LogP contribution in [-0.2, 0) is 0 Å². The number of rotatable bonds is 6. The van der Waals surface area contributed by atoms with Crippen molar-refractivity contribution in [1.29, 1.82) is 0 Å². The molecule has 0 amide bonds. The topological polar surface area (TPSA) is 12.0 Å². The smallest absolute Gasteiger partial charge is 0.145 e. The first-order valence-electron chi connectivity index (χ1n) is 11.0. The van der Waals surface area contributed by atoms with E-state index in [4.69, 9.17) is 0 Å². The lowest BCUT2D eigenvalue weighted by atomic mass is 10.1. The van der Waals surface area contributed by atoms with E-state index in [1.165, 1.54) is 32.6 Å². The van der Waals surface area contributed by atoms with Gasteiger partial charge in [0.2, 0.25) is 0 Å². The summed E-state index contributed by atoms with van der Waals surface area (Å²) in [6.07, 6.45) is 0. The van der Waals surface area contributed by atoms with Gasteiger partial charge in [-0.15, -0.1) is 0 Å². The Balaban J connectivity index is 1.52. The minimum Gasteiger partial charge on any atom is -0.353 e. The molecular weight excluding hydrogens is 406 g/mol. The molecule has 0 spiro atoms. The van der Waals surface area contributed by atoms with Gasteiger partial charge < -0.3 is 4.65 Å². The summed E-state index contributed by atoms with van der Waals surface area (Å²) in [6.45, 7) is 9.71. The van der Waals surface area contributed by atoms with Gasteiger partial charge in [-0.25, -0.2) is 0 Å². The predicted octanol–water partition coefficient (Wildman–Crippen LogP) is 6.13. The largest absolute Gasteiger partial charge is 0.353 e. The SMILES string of the molecule is C[Si](C)(N[Si](C)(C)c1ccc(-c2ccccc2)cc1)c1ccc(-c2ccccc2)cc1. The molecule has 0 aliphatic rings. The summed E-state index contributed by atoms with van der Waals surface area (Å²) in [5, 5.41) is 2.90. The van der Waals surface area contributed by atoms with Crippen LogP contribution in [0.3, 0.4) is 0 Å². The van der Waals surface area contributed by atoms with Crippen molar-refractivity contribution in [2.45, 2.75) is 26.2 Å². The van der Waals surface area contributed by atoms with Gasteiger partial charge in [-0.05, 0) is 32.6 Å². The van der Waals surface area contributed by atoms with Crippen molar-refractivity contribution in [2.75, 3.05) is 0 Å². The van der Waals surface area contributed by atoms with Crippen molar-refractivity contribution in [3.63, 3.8) is 0 Å². The molecule has 0 saturated carbocycles. The van der Waals surface area contributed by atoms with E-state index in [1.54, 1.807) is 0 Å². The second kappa shape index (κ2) is 8.79. The van der Waals surface area contributed by atoms with Gasteiger partial charge >= 0.3 is 0 Å². The van der Waals surface area contributed by atoms with Gasteiger partial charge in [-0.2, -0.15) is 0 Å².